The van der Waals surface area contributed by atoms with Gasteiger partial charge in [-0.25, -0.2) is 9.18 Å². The Balaban J connectivity index is 1.99. The summed E-state index contributed by atoms with van der Waals surface area (Å²) in [5.74, 6) is -0.263. The van der Waals surface area contributed by atoms with E-state index in [9.17, 15) is 9.18 Å². The van der Waals surface area contributed by atoms with Gasteiger partial charge in [-0.1, -0.05) is 18.2 Å². The Kier molecular flexibility index (Phi) is 2.67. The predicted octanol–water partition coefficient (Wildman–Crippen LogP) is 1.95. The van der Waals surface area contributed by atoms with Crippen molar-refractivity contribution in [3.63, 3.8) is 0 Å². The van der Waals surface area contributed by atoms with Crippen LogP contribution in [0.4, 0.5) is 9.18 Å². The molecule has 0 bridgehead atoms. The number of carbonyl (C=O) groups is 1. The molecule has 3 nitrogen and oxygen atoms in total. The zero-order valence-electron chi connectivity index (χ0n) is 7.94. The van der Waals surface area contributed by atoms with Gasteiger partial charge in [-0.15, -0.1) is 0 Å². The Morgan fingerprint density at radius 3 is 2.73 bits per heavy atom. The molecule has 1 aromatic carbocycles. The number of alkyl carbamates (subject to hydrolysis) is 1. The minimum Gasteiger partial charge on any atom is -0.440 e. The van der Waals surface area contributed by atoms with Gasteiger partial charge >= 0.3 is 6.09 Å². The van der Waals surface area contributed by atoms with E-state index in [0.29, 0.717) is 6.54 Å². The Labute approximate surface area is 86.6 Å². The average molecular weight is 207 g/mol. The zero-order valence-corrected chi connectivity index (χ0v) is 7.94. The first kappa shape index (κ1) is 9.71. The number of ether oxygens (including phenoxy) is 1. The summed E-state index contributed by atoms with van der Waals surface area (Å²) in [4.78, 5) is 10.7. The molecule has 1 fully saturated rings. The van der Waals surface area contributed by atoms with Crippen LogP contribution in [0.1, 0.15) is 5.56 Å². The Morgan fingerprint density at radius 2 is 2.13 bits per heavy atom. The van der Waals surface area contributed by atoms with E-state index < -0.39 is 6.09 Å². The number of cyclic esters (lactones) is 1. The fraction of sp³-hybridized carbons (Fsp3) is 0.182. The van der Waals surface area contributed by atoms with Crippen LogP contribution >= 0.6 is 0 Å². The highest BCUT2D eigenvalue weighted by Crippen LogP contribution is 2.08. The summed E-state index contributed by atoms with van der Waals surface area (Å²) in [6.45, 7) is 0.483. The third-order valence-corrected chi connectivity index (χ3v) is 2.08. The normalized spacial score (nSPS) is 20.3. The van der Waals surface area contributed by atoms with Crippen molar-refractivity contribution in [2.24, 2.45) is 0 Å². The van der Waals surface area contributed by atoms with Gasteiger partial charge in [0, 0.05) is 0 Å². The molecule has 1 aromatic rings. The molecule has 1 N–H and O–H groups in total. The summed E-state index contributed by atoms with van der Waals surface area (Å²) in [6.07, 6.45) is 2.93. The van der Waals surface area contributed by atoms with E-state index in [1.54, 1.807) is 24.3 Å². The molecule has 1 aliphatic heterocycles. The van der Waals surface area contributed by atoms with E-state index >= 15 is 0 Å². The SMILES string of the molecule is O=C1NCC(/C=C/c2ccc(F)cc2)O1. The fourth-order valence-electron chi connectivity index (χ4n) is 1.30. The molecule has 0 saturated carbocycles. The summed E-state index contributed by atoms with van der Waals surface area (Å²) in [6, 6.07) is 6.10. The maximum Gasteiger partial charge on any atom is 0.407 e. The topological polar surface area (TPSA) is 38.3 Å². The van der Waals surface area contributed by atoms with Gasteiger partial charge in [-0.05, 0) is 23.8 Å². The van der Waals surface area contributed by atoms with Crippen molar-refractivity contribution < 1.29 is 13.9 Å². The molecule has 1 heterocycles. The van der Waals surface area contributed by atoms with Crippen LogP contribution in [-0.2, 0) is 4.74 Å². The summed E-state index contributed by atoms with van der Waals surface area (Å²) >= 11 is 0. The number of benzene rings is 1. The maximum atomic E-state index is 12.6. The molecule has 0 radical (unpaired) electrons. The van der Waals surface area contributed by atoms with Crippen molar-refractivity contribution in [3.05, 3.63) is 41.7 Å². The second-order valence-electron chi connectivity index (χ2n) is 3.24. The molecule has 4 heteroatoms. The minimum absolute atomic E-state index is 0.234. The van der Waals surface area contributed by atoms with E-state index in [1.807, 2.05) is 0 Å². The Bertz CT molecular complexity index is 386. The van der Waals surface area contributed by atoms with Crippen LogP contribution in [0.2, 0.25) is 0 Å². The monoisotopic (exact) mass is 207 g/mol. The van der Waals surface area contributed by atoms with Gasteiger partial charge in [0.15, 0.2) is 0 Å². The fourth-order valence-corrected chi connectivity index (χ4v) is 1.30. The highest BCUT2D eigenvalue weighted by Gasteiger charge is 2.18. The lowest BCUT2D eigenvalue weighted by atomic mass is 10.2. The van der Waals surface area contributed by atoms with Crippen LogP contribution in [0.15, 0.2) is 30.3 Å². The largest absolute Gasteiger partial charge is 0.440 e. The van der Waals surface area contributed by atoms with Gasteiger partial charge < -0.3 is 10.1 Å². The van der Waals surface area contributed by atoms with Gasteiger partial charge in [0.2, 0.25) is 0 Å². The zero-order chi connectivity index (χ0) is 10.7. The first-order valence-electron chi connectivity index (χ1n) is 4.62. The molecule has 15 heavy (non-hydrogen) atoms. The van der Waals surface area contributed by atoms with Crippen LogP contribution in [0.25, 0.3) is 6.08 Å². The predicted molar refractivity (Wildman–Crippen MR) is 53.7 cm³/mol. The summed E-state index contributed by atoms with van der Waals surface area (Å²) in [5.41, 5.74) is 0.874. The number of nitrogens with one attached hydrogen (secondary N) is 1. The summed E-state index contributed by atoms with van der Waals surface area (Å²) < 4.78 is 17.5. The molecular weight excluding hydrogens is 197 g/mol. The Hall–Kier alpha value is -1.84. The van der Waals surface area contributed by atoms with E-state index in [-0.39, 0.29) is 11.9 Å². The lowest BCUT2D eigenvalue weighted by molar-refractivity contribution is 0.158. The van der Waals surface area contributed by atoms with E-state index in [1.165, 1.54) is 12.1 Å². The molecule has 78 valence electrons. The maximum absolute atomic E-state index is 12.6. The van der Waals surface area contributed by atoms with Crippen molar-refractivity contribution >= 4 is 12.2 Å². The van der Waals surface area contributed by atoms with Crippen molar-refractivity contribution in [1.29, 1.82) is 0 Å². The van der Waals surface area contributed by atoms with Crippen LogP contribution < -0.4 is 5.32 Å². The lowest BCUT2D eigenvalue weighted by Gasteiger charge is -1.99. The number of halogens is 1. The standard InChI is InChI=1S/C11H10FNO2/c12-9-4-1-8(2-5-9)3-6-10-7-13-11(14)15-10/h1-6,10H,7H2,(H,13,14)/b6-3+. The van der Waals surface area contributed by atoms with E-state index in [4.69, 9.17) is 4.74 Å². The van der Waals surface area contributed by atoms with Crippen LogP contribution in [0.3, 0.4) is 0 Å². The third kappa shape index (κ3) is 2.56. The van der Waals surface area contributed by atoms with Gasteiger partial charge in [-0.2, -0.15) is 0 Å². The molecule has 1 atom stereocenters. The van der Waals surface area contributed by atoms with E-state index in [2.05, 4.69) is 5.32 Å². The molecule has 1 amide bonds. The van der Waals surface area contributed by atoms with E-state index in [0.717, 1.165) is 5.56 Å². The van der Waals surface area contributed by atoms with Crippen LogP contribution in [-0.4, -0.2) is 18.7 Å². The third-order valence-electron chi connectivity index (χ3n) is 2.08. The number of carbonyl (C=O) groups excluding carboxylic acids is 1. The number of hydrogen-bond acceptors (Lipinski definition) is 2. The second kappa shape index (κ2) is 4.13. The molecule has 1 saturated heterocycles. The molecular formula is C11H10FNO2. The highest BCUT2D eigenvalue weighted by molar-refractivity contribution is 5.70. The molecule has 0 aromatic heterocycles. The van der Waals surface area contributed by atoms with Gasteiger partial charge in [-0.3, -0.25) is 0 Å². The van der Waals surface area contributed by atoms with Crippen molar-refractivity contribution in [3.8, 4) is 0 Å². The second-order valence-corrected chi connectivity index (χ2v) is 3.24. The first-order chi connectivity index (χ1) is 7.24. The molecule has 1 aliphatic rings. The van der Waals surface area contributed by atoms with Crippen LogP contribution in [0, 0.1) is 5.82 Å². The molecule has 1 unspecified atom stereocenters. The highest BCUT2D eigenvalue weighted by atomic mass is 19.1. The lowest BCUT2D eigenvalue weighted by Crippen LogP contribution is -2.13. The van der Waals surface area contributed by atoms with Gasteiger partial charge in [0.1, 0.15) is 11.9 Å². The van der Waals surface area contributed by atoms with Gasteiger partial charge in [0.05, 0.1) is 6.54 Å². The number of rotatable bonds is 2. The first-order valence-corrected chi connectivity index (χ1v) is 4.62. The van der Waals surface area contributed by atoms with Crippen LogP contribution in [0.5, 0.6) is 0 Å². The molecule has 2 rings (SSSR count). The van der Waals surface area contributed by atoms with Gasteiger partial charge in [0.25, 0.3) is 0 Å². The van der Waals surface area contributed by atoms with Crippen molar-refractivity contribution in [2.45, 2.75) is 6.10 Å². The van der Waals surface area contributed by atoms with Crippen molar-refractivity contribution in [1.82, 2.24) is 5.32 Å². The van der Waals surface area contributed by atoms with Crippen molar-refractivity contribution in [2.75, 3.05) is 6.54 Å². The smallest absolute Gasteiger partial charge is 0.407 e. The number of amides is 1. The Morgan fingerprint density at radius 1 is 1.40 bits per heavy atom. The number of hydrogen-bond donors (Lipinski definition) is 1. The minimum atomic E-state index is -0.399. The molecule has 0 aliphatic carbocycles. The summed E-state index contributed by atoms with van der Waals surface area (Å²) in [7, 11) is 0. The molecule has 0 spiro atoms. The summed E-state index contributed by atoms with van der Waals surface area (Å²) in [5, 5.41) is 2.54. The average Bonchev–Trinajstić information content (AvgIpc) is 2.64. The quantitative estimate of drug-likeness (QED) is 0.804.